The van der Waals surface area contributed by atoms with Crippen molar-refractivity contribution in [3.63, 3.8) is 0 Å². The number of phenols is 1. The summed E-state index contributed by atoms with van der Waals surface area (Å²) in [6, 6.07) is 13.5. The molecule has 0 unspecified atom stereocenters. The highest BCUT2D eigenvalue weighted by Crippen LogP contribution is 2.32. The topological polar surface area (TPSA) is 107 Å². The molecule has 0 bridgehead atoms. The van der Waals surface area contributed by atoms with Gasteiger partial charge in [-0.05, 0) is 42.7 Å². The van der Waals surface area contributed by atoms with Gasteiger partial charge in [-0.25, -0.2) is 4.79 Å². The molecule has 0 aliphatic carbocycles. The number of aromatic carboxylic acids is 1. The van der Waals surface area contributed by atoms with Gasteiger partial charge in [0, 0.05) is 18.7 Å². The van der Waals surface area contributed by atoms with E-state index in [1.165, 1.54) is 30.0 Å². The van der Waals surface area contributed by atoms with Gasteiger partial charge >= 0.3 is 5.97 Å². The van der Waals surface area contributed by atoms with Crippen LogP contribution in [0.1, 0.15) is 41.6 Å². The first-order valence-electron chi connectivity index (χ1n) is 10.0. The molecule has 1 aliphatic heterocycles. The van der Waals surface area contributed by atoms with Gasteiger partial charge in [0.1, 0.15) is 15.6 Å². The van der Waals surface area contributed by atoms with Crippen LogP contribution in [0.2, 0.25) is 0 Å². The van der Waals surface area contributed by atoms with Crippen LogP contribution in [0.5, 0.6) is 5.75 Å². The van der Waals surface area contributed by atoms with E-state index < -0.39 is 5.97 Å². The van der Waals surface area contributed by atoms with Crippen LogP contribution in [-0.4, -0.2) is 43.8 Å². The summed E-state index contributed by atoms with van der Waals surface area (Å²) in [7, 11) is 0. The molecule has 2 aromatic rings. The Morgan fingerprint density at radius 3 is 2.56 bits per heavy atom. The second kappa shape index (κ2) is 10.9. The number of thioether (sulfide) groups is 1. The lowest BCUT2D eigenvalue weighted by atomic mass is 10.1. The molecule has 0 spiro atoms. The lowest BCUT2D eigenvalue weighted by Gasteiger charge is -2.14. The lowest BCUT2D eigenvalue weighted by Crippen LogP contribution is -2.29. The number of carbonyl (C=O) groups excluding carboxylic acids is 2. The van der Waals surface area contributed by atoms with Crippen molar-refractivity contribution in [2.45, 2.75) is 25.7 Å². The predicted molar refractivity (Wildman–Crippen MR) is 128 cm³/mol. The Kier molecular flexibility index (Phi) is 8.02. The van der Waals surface area contributed by atoms with Gasteiger partial charge in [0.25, 0.3) is 5.91 Å². The van der Waals surface area contributed by atoms with Crippen LogP contribution in [0.15, 0.2) is 53.4 Å². The molecule has 0 aromatic heterocycles. The molecule has 166 valence electrons. The zero-order chi connectivity index (χ0) is 23.1. The van der Waals surface area contributed by atoms with Gasteiger partial charge in [-0.15, -0.1) is 0 Å². The molecule has 2 amide bonds. The third kappa shape index (κ3) is 6.18. The summed E-state index contributed by atoms with van der Waals surface area (Å²) in [5.74, 6) is -1.97. The van der Waals surface area contributed by atoms with Crippen LogP contribution in [-0.2, 0) is 9.59 Å². The summed E-state index contributed by atoms with van der Waals surface area (Å²) in [5.41, 5.74) is 0.990. The quantitative estimate of drug-likeness (QED) is 0.214. The zero-order valence-electron chi connectivity index (χ0n) is 17.1. The van der Waals surface area contributed by atoms with Crippen LogP contribution in [0, 0.1) is 0 Å². The Morgan fingerprint density at radius 1 is 1.09 bits per heavy atom. The van der Waals surface area contributed by atoms with Crippen molar-refractivity contribution in [1.29, 1.82) is 0 Å². The summed E-state index contributed by atoms with van der Waals surface area (Å²) in [5, 5.41) is 21.2. The molecule has 3 rings (SSSR count). The van der Waals surface area contributed by atoms with Crippen LogP contribution in [0.4, 0.5) is 5.69 Å². The summed E-state index contributed by atoms with van der Waals surface area (Å²) in [4.78, 5) is 38.0. The summed E-state index contributed by atoms with van der Waals surface area (Å²) >= 11 is 6.64. The minimum atomic E-state index is -1.27. The van der Waals surface area contributed by atoms with E-state index in [0.717, 1.165) is 12.0 Å². The number of hydrogen-bond acceptors (Lipinski definition) is 6. The molecule has 0 radical (unpaired) electrons. The highest BCUT2D eigenvalue weighted by atomic mass is 32.2. The van der Waals surface area contributed by atoms with Gasteiger partial charge in [0.05, 0.1) is 4.91 Å². The molecule has 1 heterocycles. The highest BCUT2D eigenvalue weighted by Gasteiger charge is 2.31. The fraction of sp³-hybridized carbons (Fsp3) is 0.217. The van der Waals surface area contributed by atoms with Crippen molar-refractivity contribution >= 4 is 57.8 Å². The predicted octanol–water partition coefficient (Wildman–Crippen LogP) is 4.49. The molecule has 0 saturated carbocycles. The van der Waals surface area contributed by atoms with Gasteiger partial charge < -0.3 is 15.5 Å². The number of amides is 2. The van der Waals surface area contributed by atoms with Crippen molar-refractivity contribution in [2.75, 3.05) is 11.9 Å². The second-order valence-corrected chi connectivity index (χ2v) is 8.82. The SMILES string of the molecule is O=C(CCCCCN1C(=O)/C(=C\c2ccccc2)SC1=S)Nc1ccc(O)c(C(=O)O)c1. The summed E-state index contributed by atoms with van der Waals surface area (Å²) in [6.07, 6.45) is 4.15. The minimum absolute atomic E-state index is 0.0943. The molecule has 9 heteroatoms. The lowest BCUT2D eigenvalue weighted by molar-refractivity contribution is -0.122. The van der Waals surface area contributed by atoms with E-state index in [2.05, 4.69) is 5.32 Å². The number of nitrogens with one attached hydrogen (secondary N) is 1. The van der Waals surface area contributed by atoms with E-state index in [9.17, 15) is 19.5 Å². The fourth-order valence-corrected chi connectivity index (χ4v) is 4.44. The van der Waals surface area contributed by atoms with Crippen LogP contribution < -0.4 is 5.32 Å². The molecular formula is C23H22N2O5S2. The second-order valence-electron chi connectivity index (χ2n) is 7.14. The first-order valence-corrected chi connectivity index (χ1v) is 11.2. The van der Waals surface area contributed by atoms with E-state index in [0.29, 0.717) is 34.3 Å². The number of aromatic hydroxyl groups is 1. The van der Waals surface area contributed by atoms with E-state index >= 15 is 0 Å². The van der Waals surface area contributed by atoms with E-state index in [-0.39, 0.29) is 29.5 Å². The first-order chi connectivity index (χ1) is 15.3. The molecule has 2 aromatic carbocycles. The maximum Gasteiger partial charge on any atom is 0.339 e. The Bertz CT molecular complexity index is 1070. The molecule has 32 heavy (non-hydrogen) atoms. The van der Waals surface area contributed by atoms with E-state index in [1.807, 2.05) is 36.4 Å². The van der Waals surface area contributed by atoms with Crippen LogP contribution in [0.25, 0.3) is 6.08 Å². The standard InChI is InChI=1S/C23H22N2O5S2/c26-18-11-10-16(14-17(18)22(29)30)24-20(27)9-5-2-6-12-25-21(28)19(32-23(25)31)13-15-7-3-1-4-8-15/h1,3-4,7-8,10-11,13-14,26H,2,5-6,9,12H2,(H,24,27)(H,29,30)/b19-13+. The number of anilines is 1. The van der Waals surface area contributed by atoms with Gasteiger partial charge in [-0.3, -0.25) is 14.5 Å². The zero-order valence-corrected chi connectivity index (χ0v) is 18.7. The number of carboxylic acids is 1. The first kappa shape index (κ1) is 23.5. The number of carboxylic acid groups (broad SMARTS) is 1. The third-order valence-corrected chi connectivity index (χ3v) is 6.14. The average molecular weight is 471 g/mol. The number of nitrogens with zero attached hydrogens (tertiary/aromatic N) is 1. The Morgan fingerprint density at radius 2 is 1.84 bits per heavy atom. The van der Waals surface area contributed by atoms with Gasteiger partial charge in [-0.1, -0.05) is 60.7 Å². The summed E-state index contributed by atoms with van der Waals surface area (Å²) in [6.45, 7) is 0.498. The Labute approximate surface area is 195 Å². The van der Waals surface area contributed by atoms with Crippen molar-refractivity contribution in [1.82, 2.24) is 4.90 Å². The highest BCUT2D eigenvalue weighted by molar-refractivity contribution is 8.26. The molecule has 0 atom stereocenters. The van der Waals surface area contributed by atoms with Crippen LogP contribution in [0.3, 0.4) is 0 Å². The van der Waals surface area contributed by atoms with Gasteiger partial charge in [-0.2, -0.15) is 0 Å². The maximum absolute atomic E-state index is 12.6. The number of thiocarbonyl (C=S) groups is 1. The fourth-order valence-electron chi connectivity index (χ4n) is 3.13. The average Bonchev–Trinajstić information content (AvgIpc) is 3.02. The monoisotopic (exact) mass is 470 g/mol. The number of unbranched alkanes of at least 4 members (excludes halogenated alkanes) is 2. The van der Waals surface area contributed by atoms with E-state index in [4.69, 9.17) is 17.3 Å². The number of rotatable bonds is 9. The third-order valence-electron chi connectivity index (χ3n) is 4.77. The Balaban J connectivity index is 1.42. The Hall–Kier alpha value is -3.17. The number of carbonyl (C=O) groups is 3. The molecule has 1 saturated heterocycles. The van der Waals surface area contributed by atoms with Crippen molar-refractivity contribution in [3.8, 4) is 5.75 Å². The maximum atomic E-state index is 12.6. The molecule has 1 aliphatic rings. The van der Waals surface area contributed by atoms with E-state index in [1.54, 1.807) is 4.90 Å². The van der Waals surface area contributed by atoms with Crippen molar-refractivity contribution < 1.29 is 24.6 Å². The van der Waals surface area contributed by atoms with Crippen molar-refractivity contribution in [2.24, 2.45) is 0 Å². The van der Waals surface area contributed by atoms with Gasteiger partial charge in [0.15, 0.2) is 0 Å². The number of benzene rings is 2. The molecule has 3 N–H and O–H groups in total. The van der Waals surface area contributed by atoms with Crippen LogP contribution >= 0.6 is 24.0 Å². The van der Waals surface area contributed by atoms with Crippen molar-refractivity contribution in [3.05, 3.63) is 64.6 Å². The normalized spacial score (nSPS) is 14.8. The molecular weight excluding hydrogens is 448 g/mol. The van der Waals surface area contributed by atoms with Gasteiger partial charge in [0.2, 0.25) is 5.91 Å². The molecule has 1 fully saturated rings. The molecule has 7 nitrogen and oxygen atoms in total. The summed E-state index contributed by atoms with van der Waals surface area (Å²) < 4.78 is 0.538. The minimum Gasteiger partial charge on any atom is -0.507 e. The smallest absolute Gasteiger partial charge is 0.339 e. The number of hydrogen-bond donors (Lipinski definition) is 3. The largest absolute Gasteiger partial charge is 0.507 e.